The molecule has 1 aromatic rings. The van der Waals surface area contributed by atoms with E-state index in [9.17, 15) is 4.79 Å². The standard InChI is InChI=1S/C17H24N2O2/c1-18-11-7-14-5-6-15(13-16(14)17(18)20)21-12-4-10-19-8-2-3-9-19/h5-6,13H,2-4,7-12H2,1H3. The maximum atomic E-state index is 12.1. The second-order valence-electron chi connectivity index (χ2n) is 6.05. The number of likely N-dealkylation sites (N-methyl/N-ethyl adjacent to an activating group) is 1. The van der Waals surface area contributed by atoms with E-state index in [1.165, 1.54) is 25.9 Å². The van der Waals surface area contributed by atoms with Crippen LogP contribution in [0.4, 0.5) is 0 Å². The Labute approximate surface area is 126 Å². The van der Waals surface area contributed by atoms with Crippen molar-refractivity contribution in [3.8, 4) is 5.75 Å². The highest BCUT2D eigenvalue weighted by Gasteiger charge is 2.21. The lowest BCUT2D eigenvalue weighted by Gasteiger charge is -2.25. The molecule has 0 saturated carbocycles. The molecule has 2 aliphatic heterocycles. The molecule has 2 aliphatic rings. The Morgan fingerprint density at radius 1 is 1.19 bits per heavy atom. The van der Waals surface area contributed by atoms with Gasteiger partial charge in [-0.15, -0.1) is 0 Å². The van der Waals surface area contributed by atoms with Gasteiger partial charge in [0, 0.05) is 25.7 Å². The second-order valence-corrected chi connectivity index (χ2v) is 6.05. The first-order valence-corrected chi connectivity index (χ1v) is 7.97. The van der Waals surface area contributed by atoms with Crippen molar-refractivity contribution in [2.24, 2.45) is 0 Å². The summed E-state index contributed by atoms with van der Waals surface area (Å²) in [7, 11) is 1.86. The Bertz CT molecular complexity index is 510. The van der Waals surface area contributed by atoms with Crippen molar-refractivity contribution >= 4 is 5.91 Å². The van der Waals surface area contributed by atoms with Gasteiger partial charge in [-0.3, -0.25) is 4.79 Å². The molecule has 0 unspecified atom stereocenters. The number of hydrogen-bond acceptors (Lipinski definition) is 3. The number of ether oxygens (including phenoxy) is 1. The molecule has 0 aromatic heterocycles. The van der Waals surface area contributed by atoms with E-state index in [4.69, 9.17) is 4.74 Å². The highest BCUT2D eigenvalue weighted by molar-refractivity contribution is 5.97. The SMILES string of the molecule is CN1CCc2ccc(OCCCN3CCCC3)cc2C1=O. The Morgan fingerprint density at radius 3 is 2.81 bits per heavy atom. The first kappa shape index (κ1) is 14.4. The molecule has 0 radical (unpaired) electrons. The minimum absolute atomic E-state index is 0.110. The third-order valence-corrected chi connectivity index (χ3v) is 4.46. The summed E-state index contributed by atoms with van der Waals surface area (Å²) in [5.74, 6) is 0.928. The normalized spacial score (nSPS) is 18.9. The van der Waals surface area contributed by atoms with Crippen molar-refractivity contribution in [3.63, 3.8) is 0 Å². The van der Waals surface area contributed by atoms with Crippen molar-refractivity contribution in [1.82, 2.24) is 9.80 Å². The van der Waals surface area contributed by atoms with Crippen molar-refractivity contribution in [1.29, 1.82) is 0 Å². The fourth-order valence-electron chi connectivity index (χ4n) is 3.14. The van der Waals surface area contributed by atoms with Crippen LogP contribution in [0.15, 0.2) is 18.2 Å². The average molecular weight is 288 g/mol. The van der Waals surface area contributed by atoms with E-state index >= 15 is 0 Å². The molecule has 0 aliphatic carbocycles. The van der Waals surface area contributed by atoms with Gasteiger partial charge in [-0.05, 0) is 56.5 Å². The fraction of sp³-hybridized carbons (Fsp3) is 0.588. The Kier molecular flexibility index (Phi) is 4.44. The Balaban J connectivity index is 1.53. The van der Waals surface area contributed by atoms with E-state index < -0.39 is 0 Å². The van der Waals surface area contributed by atoms with Gasteiger partial charge in [-0.1, -0.05) is 6.07 Å². The largest absolute Gasteiger partial charge is 0.494 e. The minimum atomic E-state index is 0.110. The van der Waals surface area contributed by atoms with Gasteiger partial charge in [0.1, 0.15) is 5.75 Å². The molecule has 0 bridgehead atoms. The topological polar surface area (TPSA) is 32.8 Å². The zero-order chi connectivity index (χ0) is 14.7. The number of nitrogens with zero attached hydrogens (tertiary/aromatic N) is 2. The van der Waals surface area contributed by atoms with E-state index in [0.717, 1.165) is 49.4 Å². The van der Waals surface area contributed by atoms with E-state index in [-0.39, 0.29) is 5.91 Å². The molecule has 1 aromatic carbocycles. The summed E-state index contributed by atoms with van der Waals surface area (Å²) in [4.78, 5) is 16.4. The first-order valence-electron chi connectivity index (χ1n) is 7.97. The molecule has 0 spiro atoms. The monoisotopic (exact) mass is 288 g/mol. The van der Waals surface area contributed by atoms with Crippen LogP contribution < -0.4 is 4.74 Å². The molecule has 1 fully saturated rings. The number of likely N-dealkylation sites (tertiary alicyclic amines) is 1. The number of carbonyl (C=O) groups excluding carboxylic acids is 1. The molecule has 2 heterocycles. The zero-order valence-electron chi connectivity index (χ0n) is 12.8. The number of carbonyl (C=O) groups is 1. The molecule has 21 heavy (non-hydrogen) atoms. The maximum Gasteiger partial charge on any atom is 0.254 e. The van der Waals surface area contributed by atoms with Gasteiger partial charge in [0.2, 0.25) is 0 Å². The highest BCUT2D eigenvalue weighted by Crippen LogP contribution is 2.23. The van der Waals surface area contributed by atoms with Crippen LogP contribution in [0, 0.1) is 0 Å². The van der Waals surface area contributed by atoms with Gasteiger partial charge in [0.05, 0.1) is 6.61 Å². The van der Waals surface area contributed by atoms with E-state index in [2.05, 4.69) is 4.90 Å². The van der Waals surface area contributed by atoms with Crippen molar-refractivity contribution in [3.05, 3.63) is 29.3 Å². The lowest BCUT2D eigenvalue weighted by Crippen LogP contribution is -2.34. The first-order chi connectivity index (χ1) is 10.2. The summed E-state index contributed by atoms with van der Waals surface area (Å²) < 4.78 is 5.82. The number of rotatable bonds is 5. The predicted octanol–water partition coefficient (Wildman–Crippen LogP) is 2.18. The van der Waals surface area contributed by atoms with Crippen molar-refractivity contribution < 1.29 is 9.53 Å². The second kappa shape index (κ2) is 6.48. The molecule has 4 heteroatoms. The van der Waals surface area contributed by atoms with E-state index in [0.29, 0.717) is 0 Å². The molecule has 1 saturated heterocycles. The molecule has 0 N–H and O–H groups in total. The summed E-state index contributed by atoms with van der Waals surface area (Å²) in [6.45, 7) is 5.12. The van der Waals surface area contributed by atoms with Gasteiger partial charge in [-0.2, -0.15) is 0 Å². The number of benzene rings is 1. The van der Waals surface area contributed by atoms with E-state index in [1.54, 1.807) is 4.90 Å². The van der Waals surface area contributed by atoms with Crippen LogP contribution in [0.5, 0.6) is 5.75 Å². The van der Waals surface area contributed by atoms with E-state index in [1.807, 2.05) is 25.2 Å². The summed E-state index contributed by atoms with van der Waals surface area (Å²) in [6.07, 6.45) is 4.65. The average Bonchev–Trinajstić information content (AvgIpc) is 3.01. The third kappa shape index (κ3) is 3.38. The van der Waals surface area contributed by atoms with Crippen LogP contribution in [0.3, 0.4) is 0 Å². The van der Waals surface area contributed by atoms with Gasteiger partial charge in [0.25, 0.3) is 5.91 Å². The van der Waals surface area contributed by atoms with Gasteiger partial charge in [-0.25, -0.2) is 0 Å². The minimum Gasteiger partial charge on any atom is -0.494 e. The number of amides is 1. The molecule has 0 atom stereocenters. The van der Waals surface area contributed by atoms with Crippen LogP contribution in [0.25, 0.3) is 0 Å². The smallest absolute Gasteiger partial charge is 0.254 e. The summed E-state index contributed by atoms with van der Waals surface area (Å²) in [5.41, 5.74) is 1.95. The van der Waals surface area contributed by atoms with Crippen LogP contribution >= 0.6 is 0 Å². The molecule has 3 rings (SSSR count). The highest BCUT2D eigenvalue weighted by atomic mass is 16.5. The van der Waals surface area contributed by atoms with Crippen LogP contribution in [-0.4, -0.2) is 55.5 Å². The van der Waals surface area contributed by atoms with Gasteiger partial charge in [0.15, 0.2) is 0 Å². The van der Waals surface area contributed by atoms with Crippen LogP contribution in [-0.2, 0) is 6.42 Å². The quantitative estimate of drug-likeness (QED) is 0.779. The van der Waals surface area contributed by atoms with Crippen molar-refractivity contribution in [2.75, 3.05) is 39.8 Å². The summed E-state index contributed by atoms with van der Waals surface area (Å²) >= 11 is 0. The summed E-state index contributed by atoms with van der Waals surface area (Å²) in [5, 5.41) is 0. The van der Waals surface area contributed by atoms with Gasteiger partial charge < -0.3 is 14.5 Å². The number of hydrogen-bond donors (Lipinski definition) is 0. The van der Waals surface area contributed by atoms with Crippen LogP contribution in [0.2, 0.25) is 0 Å². The fourth-order valence-corrected chi connectivity index (χ4v) is 3.14. The van der Waals surface area contributed by atoms with Gasteiger partial charge >= 0.3 is 0 Å². The predicted molar refractivity (Wildman–Crippen MR) is 82.9 cm³/mol. The number of fused-ring (bicyclic) bond motifs is 1. The lowest BCUT2D eigenvalue weighted by molar-refractivity contribution is 0.0780. The zero-order valence-corrected chi connectivity index (χ0v) is 12.8. The molecule has 114 valence electrons. The molecule has 1 amide bonds. The van der Waals surface area contributed by atoms with Crippen molar-refractivity contribution in [2.45, 2.75) is 25.7 Å². The maximum absolute atomic E-state index is 12.1. The summed E-state index contributed by atoms with van der Waals surface area (Å²) in [6, 6.07) is 5.94. The molecular formula is C17H24N2O2. The lowest BCUT2D eigenvalue weighted by atomic mass is 9.99. The molecule has 4 nitrogen and oxygen atoms in total. The Hall–Kier alpha value is -1.55. The third-order valence-electron chi connectivity index (χ3n) is 4.46. The molecular weight excluding hydrogens is 264 g/mol. The van der Waals surface area contributed by atoms with Crippen LogP contribution in [0.1, 0.15) is 35.2 Å². The Morgan fingerprint density at radius 2 is 2.00 bits per heavy atom.